The Bertz CT molecular complexity index is 153. The van der Waals surface area contributed by atoms with Crippen molar-refractivity contribution in [3.8, 4) is 0 Å². The zero-order chi connectivity index (χ0) is 8.32. The van der Waals surface area contributed by atoms with E-state index in [2.05, 4.69) is 12.2 Å². The minimum Gasteiger partial charge on any atom is -0.359 e. The molecule has 0 heterocycles. The Labute approximate surface area is 80.5 Å². The molecule has 0 aromatic rings. The van der Waals surface area contributed by atoms with Gasteiger partial charge in [-0.2, -0.15) is 0 Å². The van der Waals surface area contributed by atoms with Gasteiger partial charge in [0.15, 0.2) is 0 Å². The molecule has 0 aromatic heterocycles. The van der Waals surface area contributed by atoms with Crippen LogP contribution in [0.25, 0.3) is 0 Å². The van der Waals surface area contributed by atoms with Gasteiger partial charge in [0.25, 0.3) is 0 Å². The molecular weight excluding hydrogens is 174 g/mol. The molecule has 72 valence electrons. The highest BCUT2D eigenvalue weighted by molar-refractivity contribution is 5.85. The molecule has 1 N–H and O–H groups in total. The Morgan fingerprint density at radius 3 is 2.17 bits per heavy atom. The van der Waals surface area contributed by atoms with Gasteiger partial charge in [-0.05, 0) is 12.8 Å². The lowest BCUT2D eigenvalue weighted by Gasteiger charge is -2.31. The van der Waals surface area contributed by atoms with E-state index in [1.54, 1.807) is 7.05 Å². The van der Waals surface area contributed by atoms with Crippen molar-refractivity contribution in [1.29, 1.82) is 0 Å². The highest BCUT2D eigenvalue weighted by atomic mass is 35.5. The fourth-order valence-corrected chi connectivity index (χ4v) is 1.86. The summed E-state index contributed by atoms with van der Waals surface area (Å²) in [4.78, 5) is 11.4. The van der Waals surface area contributed by atoms with Crippen LogP contribution in [0.2, 0.25) is 0 Å². The highest BCUT2D eigenvalue weighted by Crippen LogP contribution is 2.35. The van der Waals surface area contributed by atoms with Gasteiger partial charge in [0.2, 0.25) is 5.91 Å². The van der Waals surface area contributed by atoms with Crippen LogP contribution in [0.15, 0.2) is 0 Å². The van der Waals surface area contributed by atoms with Gasteiger partial charge >= 0.3 is 0 Å². The molecule has 1 amide bonds. The molecule has 1 aliphatic rings. The van der Waals surface area contributed by atoms with E-state index in [9.17, 15) is 4.79 Å². The average Bonchev–Trinajstić information content (AvgIpc) is 2.04. The average molecular weight is 192 g/mol. The second-order valence-corrected chi connectivity index (χ2v) is 3.70. The summed E-state index contributed by atoms with van der Waals surface area (Å²) in [6.07, 6.45) is 5.85. The van der Waals surface area contributed by atoms with Crippen LogP contribution in [0.4, 0.5) is 0 Å². The zero-order valence-electron chi connectivity index (χ0n) is 7.85. The summed E-state index contributed by atoms with van der Waals surface area (Å²) in [5.74, 6) is 0.220. The van der Waals surface area contributed by atoms with Gasteiger partial charge in [-0.1, -0.05) is 26.2 Å². The molecule has 0 aliphatic heterocycles. The topological polar surface area (TPSA) is 29.1 Å². The molecule has 0 radical (unpaired) electrons. The van der Waals surface area contributed by atoms with Crippen LogP contribution in [0.3, 0.4) is 0 Å². The van der Waals surface area contributed by atoms with Crippen LogP contribution in [-0.2, 0) is 4.79 Å². The van der Waals surface area contributed by atoms with E-state index in [4.69, 9.17) is 0 Å². The van der Waals surface area contributed by atoms with Crippen molar-refractivity contribution in [3.05, 3.63) is 0 Å². The van der Waals surface area contributed by atoms with Gasteiger partial charge in [0.05, 0.1) is 0 Å². The van der Waals surface area contributed by atoms with Crippen LogP contribution >= 0.6 is 12.4 Å². The Kier molecular flexibility index (Phi) is 4.61. The number of hydrogen-bond donors (Lipinski definition) is 1. The van der Waals surface area contributed by atoms with Gasteiger partial charge in [-0.15, -0.1) is 12.4 Å². The van der Waals surface area contributed by atoms with Crippen molar-refractivity contribution in [2.24, 2.45) is 5.41 Å². The number of carbonyl (C=O) groups is 1. The fourth-order valence-electron chi connectivity index (χ4n) is 1.86. The van der Waals surface area contributed by atoms with Crippen molar-refractivity contribution < 1.29 is 4.79 Å². The third-order valence-electron chi connectivity index (χ3n) is 2.73. The number of halogens is 1. The fraction of sp³-hybridized carbons (Fsp3) is 0.889. The van der Waals surface area contributed by atoms with Gasteiger partial charge in [0.1, 0.15) is 0 Å². The Balaban J connectivity index is 0.00000121. The smallest absolute Gasteiger partial charge is 0.225 e. The van der Waals surface area contributed by atoms with Gasteiger partial charge < -0.3 is 5.32 Å². The van der Waals surface area contributed by atoms with E-state index >= 15 is 0 Å². The molecule has 0 spiro atoms. The Morgan fingerprint density at radius 2 is 1.75 bits per heavy atom. The van der Waals surface area contributed by atoms with Gasteiger partial charge in [-0.25, -0.2) is 0 Å². The SMILES string of the molecule is CNC(=O)C1(C)CCCCC1.Cl. The summed E-state index contributed by atoms with van der Waals surface area (Å²) in [5, 5.41) is 2.74. The normalized spacial score (nSPS) is 20.8. The number of rotatable bonds is 1. The van der Waals surface area contributed by atoms with Gasteiger partial charge in [0, 0.05) is 12.5 Å². The minimum absolute atomic E-state index is 0. The first-order valence-corrected chi connectivity index (χ1v) is 4.41. The maximum atomic E-state index is 11.4. The van der Waals surface area contributed by atoms with Crippen molar-refractivity contribution in [1.82, 2.24) is 5.32 Å². The third-order valence-corrected chi connectivity index (χ3v) is 2.73. The molecule has 1 saturated carbocycles. The quantitative estimate of drug-likeness (QED) is 0.676. The number of amides is 1. The molecule has 1 aliphatic carbocycles. The molecule has 3 heteroatoms. The van der Waals surface area contributed by atoms with Crippen LogP contribution in [0.5, 0.6) is 0 Å². The lowest BCUT2D eigenvalue weighted by Crippen LogP contribution is -2.38. The maximum absolute atomic E-state index is 11.4. The monoisotopic (exact) mass is 191 g/mol. The molecule has 1 fully saturated rings. The molecule has 0 saturated heterocycles. The predicted octanol–water partition coefficient (Wildman–Crippen LogP) is 2.12. The van der Waals surface area contributed by atoms with Crippen molar-refractivity contribution in [2.45, 2.75) is 39.0 Å². The largest absolute Gasteiger partial charge is 0.359 e. The van der Waals surface area contributed by atoms with E-state index in [0.717, 1.165) is 12.8 Å². The van der Waals surface area contributed by atoms with Crippen molar-refractivity contribution >= 4 is 18.3 Å². The van der Waals surface area contributed by atoms with Crippen molar-refractivity contribution in [3.63, 3.8) is 0 Å². The lowest BCUT2D eigenvalue weighted by molar-refractivity contribution is -0.131. The first-order chi connectivity index (χ1) is 5.19. The molecule has 0 atom stereocenters. The molecule has 0 aromatic carbocycles. The van der Waals surface area contributed by atoms with Crippen LogP contribution in [0.1, 0.15) is 39.0 Å². The lowest BCUT2D eigenvalue weighted by atomic mass is 9.75. The molecule has 0 unspecified atom stereocenters. The standard InChI is InChI=1S/C9H17NO.ClH/c1-9(8(11)10-2)6-4-3-5-7-9;/h3-7H2,1-2H3,(H,10,11);1H. The maximum Gasteiger partial charge on any atom is 0.225 e. The first-order valence-electron chi connectivity index (χ1n) is 4.41. The molecule has 12 heavy (non-hydrogen) atoms. The Morgan fingerprint density at radius 1 is 1.25 bits per heavy atom. The summed E-state index contributed by atoms with van der Waals surface area (Å²) in [5.41, 5.74) is -0.0625. The highest BCUT2D eigenvalue weighted by Gasteiger charge is 2.33. The van der Waals surface area contributed by atoms with E-state index in [0.29, 0.717) is 0 Å². The van der Waals surface area contributed by atoms with E-state index < -0.39 is 0 Å². The van der Waals surface area contributed by atoms with E-state index in [1.165, 1.54) is 19.3 Å². The molecular formula is C9H18ClNO. The summed E-state index contributed by atoms with van der Waals surface area (Å²) in [6, 6.07) is 0. The van der Waals surface area contributed by atoms with Crippen LogP contribution in [0, 0.1) is 5.41 Å². The summed E-state index contributed by atoms with van der Waals surface area (Å²) >= 11 is 0. The van der Waals surface area contributed by atoms with Crippen molar-refractivity contribution in [2.75, 3.05) is 7.05 Å². The van der Waals surface area contributed by atoms with E-state index in [-0.39, 0.29) is 23.7 Å². The molecule has 2 nitrogen and oxygen atoms in total. The second kappa shape index (κ2) is 4.70. The van der Waals surface area contributed by atoms with E-state index in [1.807, 2.05) is 0 Å². The summed E-state index contributed by atoms with van der Waals surface area (Å²) in [6.45, 7) is 2.07. The molecule has 0 bridgehead atoms. The predicted molar refractivity (Wildman–Crippen MR) is 52.5 cm³/mol. The first kappa shape index (κ1) is 11.8. The number of hydrogen-bond acceptors (Lipinski definition) is 1. The van der Waals surface area contributed by atoms with Crippen LogP contribution in [-0.4, -0.2) is 13.0 Å². The Hall–Kier alpha value is -0.240. The third kappa shape index (κ3) is 2.37. The minimum atomic E-state index is -0.0625. The summed E-state index contributed by atoms with van der Waals surface area (Å²) in [7, 11) is 1.72. The number of nitrogens with one attached hydrogen (secondary N) is 1. The second-order valence-electron chi connectivity index (χ2n) is 3.70. The summed E-state index contributed by atoms with van der Waals surface area (Å²) < 4.78 is 0. The zero-order valence-corrected chi connectivity index (χ0v) is 8.67. The molecule has 1 rings (SSSR count). The van der Waals surface area contributed by atoms with Crippen LogP contribution < -0.4 is 5.32 Å². The number of carbonyl (C=O) groups excluding carboxylic acids is 1. The van der Waals surface area contributed by atoms with Gasteiger partial charge in [-0.3, -0.25) is 4.79 Å².